The number of benzene rings is 3. The number of nitrogens with zero attached hydrogens (tertiary/aromatic N) is 2. The molecule has 3 aromatic carbocycles. The maximum absolute atomic E-state index is 12.4. The lowest BCUT2D eigenvalue weighted by Gasteiger charge is -2.28. The van der Waals surface area contributed by atoms with Crippen molar-refractivity contribution >= 4 is 39.7 Å². The number of esters is 1. The van der Waals surface area contributed by atoms with Crippen molar-refractivity contribution in [3.05, 3.63) is 76.3 Å². The Balaban J connectivity index is 1.42. The maximum atomic E-state index is 12.4. The van der Waals surface area contributed by atoms with Gasteiger partial charge in [-0.15, -0.1) is 0 Å². The van der Waals surface area contributed by atoms with E-state index in [4.69, 9.17) is 4.74 Å². The van der Waals surface area contributed by atoms with Crippen molar-refractivity contribution < 1.29 is 19.2 Å². The molecule has 0 unspecified atom stereocenters. The van der Waals surface area contributed by atoms with E-state index in [0.717, 1.165) is 43.1 Å². The summed E-state index contributed by atoms with van der Waals surface area (Å²) >= 11 is 0. The van der Waals surface area contributed by atoms with Crippen molar-refractivity contribution in [2.45, 2.75) is 19.3 Å². The molecule has 1 fully saturated rings. The van der Waals surface area contributed by atoms with E-state index in [9.17, 15) is 19.7 Å². The van der Waals surface area contributed by atoms with E-state index in [0.29, 0.717) is 11.4 Å². The number of hydrogen-bond donors (Lipinski definition) is 1. The number of nitrogens with one attached hydrogen (secondary N) is 1. The molecule has 3 aromatic rings. The van der Waals surface area contributed by atoms with Crippen LogP contribution in [-0.4, -0.2) is 36.5 Å². The summed E-state index contributed by atoms with van der Waals surface area (Å²) in [6.07, 6.45) is 3.06. The van der Waals surface area contributed by atoms with Crippen LogP contribution >= 0.6 is 0 Å². The van der Waals surface area contributed by atoms with Crippen LogP contribution in [0.4, 0.5) is 17.1 Å². The molecule has 0 aliphatic carbocycles. The van der Waals surface area contributed by atoms with Crippen LogP contribution in [0.15, 0.2) is 60.7 Å². The predicted molar refractivity (Wildman–Crippen MR) is 122 cm³/mol. The molecular weight excluding hydrogens is 410 g/mol. The van der Waals surface area contributed by atoms with E-state index < -0.39 is 23.4 Å². The molecule has 1 aliphatic heterocycles. The average molecular weight is 433 g/mol. The molecule has 4 rings (SSSR count). The molecule has 164 valence electrons. The Kier molecular flexibility index (Phi) is 6.30. The van der Waals surface area contributed by atoms with Crippen LogP contribution in [-0.2, 0) is 9.53 Å². The van der Waals surface area contributed by atoms with Gasteiger partial charge in [-0.1, -0.05) is 36.4 Å². The number of rotatable bonds is 6. The lowest BCUT2D eigenvalue weighted by Crippen LogP contribution is -2.30. The topological polar surface area (TPSA) is 102 Å². The summed E-state index contributed by atoms with van der Waals surface area (Å²) in [5.41, 5.74) is 1.02. The van der Waals surface area contributed by atoms with Crippen LogP contribution in [0.3, 0.4) is 0 Å². The molecule has 8 nitrogen and oxygen atoms in total. The predicted octanol–water partition coefficient (Wildman–Crippen LogP) is 4.53. The highest BCUT2D eigenvalue weighted by atomic mass is 16.6. The lowest BCUT2D eigenvalue weighted by molar-refractivity contribution is -0.384. The third-order valence-electron chi connectivity index (χ3n) is 5.50. The summed E-state index contributed by atoms with van der Waals surface area (Å²) in [5.74, 6) is -1.28. The number of nitro benzene ring substituents is 1. The minimum absolute atomic E-state index is 0.0374. The highest BCUT2D eigenvalue weighted by molar-refractivity contribution is 6.03. The van der Waals surface area contributed by atoms with Crippen molar-refractivity contribution in [1.29, 1.82) is 0 Å². The Labute approximate surface area is 184 Å². The average Bonchev–Trinajstić information content (AvgIpc) is 2.83. The number of amides is 1. The van der Waals surface area contributed by atoms with Gasteiger partial charge >= 0.3 is 5.97 Å². The van der Waals surface area contributed by atoms with Crippen molar-refractivity contribution in [2.24, 2.45) is 0 Å². The zero-order valence-electron chi connectivity index (χ0n) is 17.5. The summed E-state index contributed by atoms with van der Waals surface area (Å²) in [5, 5.41) is 16.2. The summed E-state index contributed by atoms with van der Waals surface area (Å²) in [4.78, 5) is 37.8. The standard InChI is InChI=1S/C24H23N3O5/c28-23(25-20-10-6-8-17-7-2-3-9-19(17)20)16-32-24(29)18-11-12-21(22(15-18)27(30)31)26-13-4-1-5-14-26/h2-3,6-12,15H,1,4-5,13-14,16H2,(H,25,28). The van der Waals surface area contributed by atoms with Gasteiger partial charge in [0.2, 0.25) is 0 Å². The van der Waals surface area contributed by atoms with E-state index in [1.807, 2.05) is 41.3 Å². The molecule has 0 spiro atoms. The van der Waals surface area contributed by atoms with Gasteiger partial charge in [0.25, 0.3) is 11.6 Å². The summed E-state index contributed by atoms with van der Waals surface area (Å²) < 4.78 is 5.11. The molecule has 0 saturated carbocycles. The molecule has 0 radical (unpaired) electrons. The molecule has 0 atom stereocenters. The van der Waals surface area contributed by atoms with E-state index in [1.54, 1.807) is 12.1 Å². The minimum atomic E-state index is -0.786. The van der Waals surface area contributed by atoms with Crippen LogP contribution in [0.5, 0.6) is 0 Å². The van der Waals surface area contributed by atoms with Gasteiger partial charge < -0.3 is 15.0 Å². The fourth-order valence-corrected chi connectivity index (χ4v) is 3.93. The first-order valence-corrected chi connectivity index (χ1v) is 10.5. The highest BCUT2D eigenvalue weighted by Crippen LogP contribution is 2.31. The Hall–Kier alpha value is -3.94. The van der Waals surface area contributed by atoms with E-state index >= 15 is 0 Å². The summed E-state index contributed by atoms with van der Waals surface area (Å²) in [6, 6.07) is 17.4. The van der Waals surface area contributed by atoms with Gasteiger partial charge in [0, 0.05) is 30.2 Å². The summed E-state index contributed by atoms with van der Waals surface area (Å²) in [7, 11) is 0. The number of nitro groups is 1. The highest BCUT2D eigenvalue weighted by Gasteiger charge is 2.24. The number of ether oxygens (including phenoxy) is 1. The van der Waals surface area contributed by atoms with Crippen molar-refractivity contribution in [3.63, 3.8) is 0 Å². The van der Waals surface area contributed by atoms with E-state index in [2.05, 4.69) is 5.32 Å². The lowest BCUT2D eigenvalue weighted by atomic mass is 10.1. The van der Waals surface area contributed by atoms with Gasteiger partial charge in [-0.25, -0.2) is 4.79 Å². The second-order valence-corrected chi connectivity index (χ2v) is 7.66. The Morgan fingerprint density at radius 1 is 1.00 bits per heavy atom. The second-order valence-electron chi connectivity index (χ2n) is 7.66. The molecule has 0 bridgehead atoms. The Morgan fingerprint density at radius 2 is 1.75 bits per heavy atom. The number of fused-ring (bicyclic) bond motifs is 1. The van der Waals surface area contributed by atoms with Crippen LogP contribution in [0.2, 0.25) is 0 Å². The fourth-order valence-electron chi connectivity index (χ4n) is 3.93. The van der Waals surface area contributed by atoms with Gasteiger partial charge in [-0.2, -0.15) is 0 Å². The molecular formula is C24H23N3O5. The smallest absolute Gasteiger partial charge is 0.338 e. The molecule has 1 aliphatic rings. The zero-order valence-corrected chi connectivity index (χ0v) is 17.5. The number of piperidine rings is 1. The largest absolute Gasteiger partial charge is 0.452 e. The van der Waals surface area contributed by atoms with E-state index in [-0.39, 0.29) is 11.3 Å². The van der Waals surface area contributed by atoms with Gasteiger partial charge in [0.1, 0.15) is 5.69 Å². The maximum Gasteiger partial charge on any atom is 0.338 e. The van der Waals surface area contributed by atoms with Crippen LogP contribution in [0.25, 0.3) is 10.8 Å². The third-order valence-corrected chi connectivity index (χ3v) is 5.50. The number of carbonyl (C=O) groups excluding carboxylic acids is 2. The quantitative estimate of drug-likeness (QED) is 0.348. The molecule has 1 saturated heterocycles. The van der Waals surface area contributed by atoms with Crippen molar-refractivity contribution in [3.8, 4) is 0 Å². The van der Waals surface area contributed by atoms with Crippen LogP contribution < -0.4 is 10.2 Å². The van der Waals surface area contributed by atoms with Gasteiger partial charge in [0.15, 0.2) is 6.61 Å². The van der Waals surface area contributed by atoms with Crippen LogP contribution in [0.1, 0.15) is 29.6 Å². The second kappa shape index (κ2) is 9.47. The first kappa shape index (κ1) is 21.3. The van der Waals surface area contributed by atoms with Crippen molar-refractivity contribution in [2.75, 3.05) is 29.9 Å². The molecule has 0 aromatic heterocycles. The number of carbonyl (C=O) groups is 2. The molecule has 8 heteroatoms. The minimum Gasteiger partial charge on any atom is -0.452 e. The Bertz CT molecular complexity index is 1170. The molecule has 32 heavy (non-hydrogen) atoms. The first-order valence-electron chi connectivity index (χ1n) is 10.5. The SMILES string of the molecule is O=C(COC(=O)c1ccc(N2CCCCC2)c([N+](=O)[O-])c1)Nc1cccc2ccccc12. The normalized spacial score (nSPS) is 13.6. The first-order chi connectivity index (χ1) is 15.5. The monoisotopic (exact) mass is 433 g/mol. The van der Waals surface area contributed by atoms with Crippen molar-refractivity contribution in [1.82, 2.24) is 0 Å². The zero-order chi connectivity index (χ0) is 22.5. The number of anilines is 2. The third kappa shape index (κ3) is 4.69. The van der Waals surface area contributed by atoms with Gasteiger partial charge in [-0.05, 0) is 42.8 Å². The van der Waals surface area contributed by atoms with E-state index in [1.165, 1.54) is 12.1 Å². The fraction of sp³-hybridized carbons (Fsp3) is 0.250. The molecule has 1 N–H and O–H groups in total. The van der Waals surface area contributed by atoms with Crippen LogP contribution in [0, 0.1) is 10.1 Å². The Morgan fingerprint density at radius 3 is 2.53 bits per heavy atom. The molecule has 1 amide bonds. The van der Waals surface area contributed by atoms with Gasteiger partial charge in [0.05, 0.1) is 10.5 Å². The van der Waals surface area contributed by atoms with Gasteiger partial charge in [-0.3, -0.25) is 14.9 Å². The number of hydrogen-bond acceptors (Lipinski definition) is 6. The summed E-state index contributed by atoms with van der Waals surface area (Å²) in [6.45, 7) is 1.00. The molecule has 1 heterocycles.